The van der Waals surface area contributed by atoms with Gasteiger partial charge < -0.3 is 20.2 Å². The van der Waals surface area contributed by atoms with Crippen molar-refractivity contribution < 1.29 is 14.3 Å². The number of anilines is 1. The molecule has 2 heterocycles. The molecule has 10 heteroatoms. The molecule has 2 aromatic heterocycles. The van der Waals surface area contributed by atoms with Crippen molar-refractivity contribution in [2.24, 2.45) is 0 Å². The van der Waals surface area contributed by atoms with Crippen molar-refractivity contribution in [1.29, 1.82) is 0 Å². The number of benzene rings is 1. The third-order valence-electron chi connectivity index (χ3n) is 4.41. The number of fused-ring (bicyclic) bond motifs is 1. The number of nitrogens with one attached hydrogen (secondary N) is 1. The van der Waals surface area contributed by atoms with Crippen LogP contribution >= 0.6 is 11.8 Å². The first-order valence-electron chi connectivity index (χ1n) is 9.63. The van der Waals surface area contributed by atoms with Gasteiger partial charge in [-0.15, -0.1) is 0 Å². The number of nitrogen functional groups attached to an aromatic ring is 1. The van der Waals surface area contributed by atoms with Gasteiger partial charge in [-0.1, -0.05) is 31.2 Å². The first kappa shape index (κ1) is 21.7. The Balaban J connectivity index is 1.83. The molecule has 0 aliphatic rings. The maximum Gasteiger partial charge on any atom is 0.328 e. The molecule has 1 aromatic carbocycles. The molecular formula is C20H25N5O4S. The van der Waals surface area contributed by atoms with Crippen LogP contribution < -0.4 is 16.2 Å². The number of ether oxygens (including phenoxy) is 2. The number of hydrogen-bond acceptors (Lipinski definition) is 8. The fourth-order valence-electron chi connectivity index (χ4n) is 2.97. The first-order chi connectivity index (χ1) is 14.5. The van der Waals surface area contributed by atoms with E-state index in [9.17, 15) is 9.59 Å². The lowest BCUT2D eigenvalue weighted by Crippen LogP contribution is -2.18. The standard InChI is InChI=1S/C20H25N5O4S/c1-3-30-9-5-8-29-19-23-17(21)16-18(24-19)25(20(27)22-16)12-14-7-4-6-13(10-14)11-15(26)28-2/h4,6-7,10H,3,5,8-9,11-12H2,1-2H3,(H,22,27)(H2,21,23,24). The number of esters is 1. The van der Waals surface area contributed by atoms with Gasteiger partial charge in [0.2, 0.25) is 0 Å². The number of H-pyrrole nitrogens is 1. The average molecular weight is 432 g/mol. The van der Waals surface area contributed by atoms with Crippen LogP contribution in [0.15, 0.2) is 29.1 Å². The summed E-state index contributed by atoms with van der Waals surface area (Å²) in [6.45, 7) is 2.85. The minimum atomic E-state index is -0.346. The molecule has 3 rings (SSSR count). The van der Waals surface area contributed by atoms with E-state index in [4.69, 9.17) is 15.2 Å². The van der Waals surface area contributed by atoms with Crippen molar-refractivity contribution in [3.8, 4) is 6.01 Å². The number of nitrogens with zero attached hydrogens (tertiary/aromatic N) is 3. The molecule has 160 valence electrons. The quantitative estimate of drug-likeness (QED) is 0.369. The lowest BCUT2D eigenvalue weighted by atomic mass is 10.1. The summed E-state index contributed by atoms with van der Waals surface area (Å²) in [4.78, 5) is 35.3. The van der Waals surface area contributed by atoms with Gasteiger partial charge in [0.05, 0.1) is 26.7 Å². The highest BCUT2D eigenvalue weighted by Gasteiger charge is 2.15. The Hall–Kier alpha value is -3.01. The fraction of sp³-hybridized carbons (Fsp3) is 0.400. The molecular weight excluding hydrogens is 406 g/mol. The Morgan fingerprint density at radius 3 is 2.87 bits per heavy atom. The van der Waals surface area contributed by atoms with Crippen LogP contribution in [-0.2, 0) is 22.5 Å². The topological polar surface area (TPSA) is 125 Å². The molecule has 0 saturated heterocycles. The fourth-order valence-corrected chi connectivity index (χ4v) is 3.58. The summed E-state index contributed by atoms with van der Waals surface area (Å²) in [6.07, 6.45) is 1.03. The zero-order chi connectivity index (χ0) is 21.5. The molecule has 3 N–H and O–H groups in total. The molecule has 9 nitrogen and oxygen atoms in total. The second-order valence-corrected chi connectivity index (χ2v) is 7.97. The maximum absolute atomic E-state index is 12.5. The molecule has 0 aliphatic carbocycles. The van der Waals surface area contributed by atoms with Gasteiger partial charge in [-0.3, -0.25) is 9.36 Å². The van der Waals surface area contributed by atoms with Crippen molar-refractivity contribution in [3.05, 3.63) is 45.9 Å². The van der Waals surface area contributed by atoms with Crippen LogP contribution in [0.4, 0.5) is 5.82 Å². The number of imidazole rings is 1. The lowest BCUT2D eigenvalue weighted by molar-refractivity contribution is -0.139. The van der Waals surface area contributed by atoms with Crippen molar-refractivity contribution in [2.45, 2.75) is 26.3 Å². The predicted octanol–water partition coefficient (Wildman–Crippen LogP) is 1.99. The number of thioether (sulfide) groups is 1. The number of nitrogens with two attached hydrogens (primary N) is 1. The third kappa shape index (κ3) is 5.32. The minimum Gasteiger partial charge on any atom is -0.469 e. The molecule has 30 heavy (non-hydrogen) atoms. The summed E-state index contributed by atoms with van der Waals surface area (Å²) in [5.41, 5.74) is 8.06. The van der Waals surface area contributed by atoms with E-state index in [-0.39, 0.29) is 36.5 Å². The van der Waals surface area contributed by atoms with Crippen LogP contribution in [-0.4, -0.2) is 50.7 Å². The summed E-state index contributed by atoms with van der Waals surface area (Å²) < 4.78 is 11.8. The van der Waals surface area contributed by atoms with Gasteiger partial charge in [0.15, 0.2) is 11.5 Å². The largest absolute Gasteiger partial charge is 0.469 e. The van der Waals surface area contributed by atoms with Crippen molar-refractivity contribution >= 4 is 34.7 Å². The smallest absolute Gasteiger partial charge is 0.328 e. The molecule has 0 bridgehead atoms. The van der Waals surface area contributed by atoms with E-state index in [1.807, 2.05) is 36.0 Å². The first-order valence-corrected chi connectivity index (χ1v) is 10.8. The maximum atomic E-state index is 12.5. The number of carbonyl (C=O) groups excluding carboxylic acids is 1. The average Bonchev–Trinajstić information content (AvgIpc) is 3.04. The van der Waals surface area contributed by atoms with E-state index in [2.05, 4.69) is 21.9 Å². The summed E-state index contributed by atoms with van der Waals surface area (Å²) in [6, 6.07) is 7.55. The van der Waals surface area contributed by atoms with E-state index in [1.165, 1.54) is 11.7 Å². The zero-order valence-electron chi connectivity index (χ0n) is 17.0. The van der Waals surface area contributed by atoms with E-state index in [0.29, 0.717) is 17.8 Å². The van der Waals surface area contributed by atoms with Gasteiger partial charge in [-0.2, -0.15) is 21.7 Å². The number of aromatic nitrogens is 4. The molecule has 0 radical (unpaired) electrons. The SMILES string of the molecule is CCSCCCOc1nc(N)c2[nH]c(=O)n(Cc3cccc(CC(=O)OC)c3)c2n1. The van der Waals surface area contributed by atoms with E-state index < -0.39 is 0 Å². The van der Waals surface area contributed by atoms with Crippen LogP contribution in [0.2, 0.25) is 0 Å². The van der Waals surface area contributed by atoms with Gasteiger partial charge in [0.1, 0.15) is 5.52 Å². The number of carbonyl (C=O) groups is 1. The molecule has 3 aromatic rings. The highest BCUT2D eigenvalue weighted by Crippen LogP contribution is 2.19. The summed E-state index contributed by atoms with van der Waals surface area (Å²) in [5.74, 6) is 1.89. The van der Waals surface area contributed by atoms with E-state index >= 15 is 0 Å². The van der Waals surface area contributed by atoms with Gasteiger partial charge in [0.25, 0.3) is 0 Å². The van der Waals surface area contributed by atoms with Crippen molar-refractivity contribution in [1.82, 2.24) is 19.5 Å². The van der Waals surface area contributed by atoms with E-state index in [0.717, 1.165) is 29.1 Å². The normalized spacial score (nSPS) is 11.0. The van der Waals surface area contributed by atoms with Gasteiger partial charge in [-0.05, 0) is 29.1 Å². The lowest BCUT2D eigenvalue weighted by Gasteiger charge is -2.08. The highest BCUT2D eigenvalue weighted by atomic mass is 32.2. The second-order valence-electron chi connectivity index (χ2n) is 6.58. The molecule has 0 spiro atoms. The minimum absolute atomic E-state index is 0.147. The third-order valence-corrected chi connectivity index (χ3v) is 5.39. The van der Waals surface area contributed by atoms with Crippen molar-refractivity contribution in [3.63, 3.8) is 0 Å². The predicted molar refractivity (Wildman–Crippen MR) is 117 cm³/mol. The Labute approximate surface area is 178 Å². The van der Waals surface area contributed by atoms with Crippen molar-refractivity contribution in [2.75, 3.05) is 31.0 Å². The highest BCUT2D eigenvalue weighted by molar-refractivity contribution is 7.99. The molecule has 0 fully saturated rings. The molecule has 0 atom stereocenters. The molecule has 0 aliphatic heterocycles. The number of aromatic amines is 1. The van der Waals surface area contributed by atoms with Gasteiger partial charge >= 0.3 is 17.7 Å². The molecule has 0 unspecified atom stereocenters. The second kappa shape index (κ2) is 10.1. The summed E-state index contributed by atoms with van der Waals surface area (Å²) in [5, 5.41) is 0. The van der Waals surface area contributed by atoms with E-state index in [1.54, 1.807) is 0 Å². The number of methoxy groups -OCH3 is 1. The summed E-state index contributed by atoms with van der Waals surface area (Å²) >= 11 is 1.84. The molecule has 0 saturated carbocycles. The Bertz CT molecular complexity index is 1080. The van der Waals surface area contributed by atoms with Gasteiger partial charge in [-0.25, -0.2) is 4.79 Å². The number of rotatable bonds is 10. The Kier molecular flexibility index (Phi) is 7.34. The van der Waals surface area contributed by atoms with Crippen LogP contribution in [0, 0.1) is 0 Å². The van der Waals surface area contributed by atoms with Gasteiger partial charge in [0, 0.05) is 0 Å². The summed E-state index contributed by atoms with van der Waals surface area (Å²) in [7, 11) is 1.35. The zero-order valence-corrected chi connectivity index (χ0v) is 17.8. The monoisotopic (exact) mass is 431 g/mol. The Morgan fingerprint density at radius 2 is 2.10 bits per heavy atom. The Morgan fingerprint density at radius 1 is 1.30 bits per heavy atom. The van der Waals surface area contributed by atoms with Crippen LogP contribution in [0.25, 0.3) is 11.2 Å². The van der Waals surface area contributed by atoms with Crippen LogP contribution in [0.3, 0.4) is 0 Å². The van der Waals surface area contributed by atoms with Crippen LogP contribution in [0.5, 0.6) is 6.01 Å². The number of hydrogen-bond donors (Lipinski definition) is 2. The molecule has 0 amide bonds. The van der Waals surface area contributed by atoms with Crippen LogP contribution in [0.1, 0.15) is 24.5 Å².